The van der Waals surface area contributed by atoms with Crippen molar-refractivity contribution >= 4 is 11.4 Å². The molecule has 0 spiro atoms. The Morgan fingerprint density at radius 3 is 2.13 bits per heavy atom. The van der Waals surface area contributed by atoms with Gasteiger partial charge in [-0.25, -0.2) is 9.37 Å². The Bertz CT molecular complexity index is 747. The number of hydrogen-bond donors (Lipinski definition) is 4. The van der Waals surface area contributed by atoms with Crippen molar-refractivity contribution in [3.63, 3.8) is 0 Å². The van der Waals surface area contributed by atoms with E-state index in [1.165, 1.54) is 26.0 Å². The number of nitrogen functional groups attached to an aromatic ring is 2. The van der Waals surface area contributed by atoms with E-state index in [1.54, 1.807) is 26.0 Å². The Morgan fingerprint density at radius 1 is 1.00 bits per heavy atom. The van der Waals surface area contributed by atoms with E-state index < -0.39 is 17.0 Å². The molecule has 0 radical (unpaired) electrons. The lowest BCUT2D eigenvalue weighted by Crippen LogP contribution is -2.21. The first-order valence-electron chi connectivity index (χ1n) is 7.23. The van der Waals surface area contributed by atoms with Crippen LogP contribution in [-0.4, -0.2) is 15.2 Å². The number of pyridine rings is 1. The highest BCUT2D eigenvalue weighted by Gasteiger charge is 2.25. The summed E-state index contributed by atoms with van der Waals surface area (Å²) in [7, 11) is 0. The second-order valence-corrected chi connectivity index (χ2v) is 6.67. The quantitative estimate of drug-likeness (QED) is 0.651. The first kappa shape index (κ1) is 17.2. The zero-order valence-corrected chi connectivity index (χ0v) is 13.7. The van der Waals surface area contributed by atoms with Crippen LogP contribution in [0.3, 0.4) is 0 Å². The standard InChI is InChI=1S/C17H22FN3O2/c1-16(2,22)11-8-9(18)7-10(14(11)20)13-6-5-12(19)15(21-13)17(3,4)23/h5-8,22-23H,19-20H2,1-4H3. The van der Waals surface area contributed by atoms with Crippen LogP contribution in [-0.2, 0) is 11.2 Å². The van der Waals surface area contributed by atoms with E-state index in [0.29, 0.717) is 16.9 Å². The number of halogens is 1. The smallest absolute Gasteiger partial charge is 0.124 e. The minimum Gasteiger partial charge on any atom is -0.398 e. The minimum absolute atomic E-state index is 0.234. The van der Waals surface area contributed by atoms with Gasteiger partial charge in [0, 0.05) is 16.8 Å². The van der Waals surface area contributed by atoms with Gasteiger partial charge in [0.05, 0.1) is 22.7 Å². The lowest BCUT2D eigenvalue weighted by molar-refractivity contribution is 0.0747. The zero-order valence-electron chi connectivity index (χ0n) is 13.7. The molecule has 0 amide bonds. The third-order valence-corrected chi connectivity index (χ3v) is 3.59. The van der Waals surface area contributed by atoms with Gasteiger partial charge in [0.2, 0.25) is 0 Å². The predicted octanol–water partition coefficient (Wildman–Crippen LogP) is 2.51. The molecule has 0 atom stereocenters. The van der Waals surface area contributed by atoms with Gasteiger partial charge in [0.15, 0.2) is 0 Å². The number of rotatable bonds is 3. The molecular weight excluding hydrogens is 297 g/mol. The van der Waals surface area contributed by atoms with Gasteiger partial charge < -0.3 is 21.7 Å². The fourth-order valence-electron chi connectivity index (χ4n) is 2.45. The second kappa shape index (κ2) is 5.47. The van der Waals surface area contributed by atoms with Gasteiger partial charge in [0.25, 0.3) is 0 Å². The van der Waals surface area contributed by atoms with Gasteiger partial charge in [-0.05, 0) is 52.0 Å². The summed E-state index contributed by atoms with van der Waals surface area (Å²) in [4.78, 5) is 4.34. The molecule has 23 heavy (non-hydrogen) atoms. The third-order valence-electron chi connectivity index (χ3n) is 3.59. The molecule has 1 aromatic heterocycles. The van der Waals surface area contributed by atoms with Gasteiger partial charge in [-0.1, -0.05) is 0 Å². The molecular formula is C17H22FN3O2. The van der Waals surface area contributed by atoms with Crippen LogP contribution >= 0.6 is 0 Å². The average molecular weight is 319 g/mol. The Kier molecular flexibility index (Phi) is 4.09. The third kappa shape index (κ3) is 3.43. The van der Waals surface area contributed by atoms with Crippen molar-refractivity contribution in [2.75, 3.05) is 11.5 Å². The lowest BCUT2D eigenvalue weighted by Gasteiger charge is -2.23. The minimum atomic E-state index is -1.30. The predicted molar refractivity (Wildman–Crippen MR) is 88.9 cm³/mol. The summed E-state index contributed by atoms with van der Waals surface area (Å²) in [6.07, 6.45) is 0. The molecule has 0 aliphatic rings. The maximum absolute atomic E-state index is 14.0. The van der Waals surface area contributed by atoms with Crippen molar-refractivity contribution in [1.29, 1.82) is 0 Å². The number of aliphatic hydroxyl groups is 2. The maximum Gasteiger partial charge on any atom is 0.124 e. The molecule has 2 rings (SSSR count). The Hall–Kier alpha value is -2.18. The van der Waals surface area contributed by atoms with Crippen LogP contribution in [0.15, 0.2) is 24.3 Å². The summed E-state index contributed by atoms with van der Waals surface area (Å²) >= 11 is 0. The van der Waals surface area contributed by atoms with Crippen LogP contribution in [0.2, 0.25) is 0 Å². The highest BCUT2D eigenvalue weighted by Crippen LogP contribution is 2.36. The molecule has 0 bridgehead atoms. The average Bonchev–Trinajstić information content (AvgIpc) is 2.39. The Morgan fingerprint density at radius 2 is 1.61 bits per heavy atom. The van der Waals surface area contributed by atoms with Crippen LogP contribution in [0, 0.1) is 5.82 Å². The zero-order chi connectivity index (χ0) is 17.6. The maximum atomic E-state index is 14.0. The summed E-state index contributed by atoms with van der Waals surface area (Å²) in [5, 5.41) is 20.3. The van der Waals surface area contributed by atoms with E-state index in [1.807, 2.05) is 0 Å². The molecule has 124 valence electrons. The van der Waals surface area contributed by atoms with Crippen molar-refractivity contribution in [3.8, 4) is 11.3 Å². The first-order chi connectivity index (χ1) is 10.4. The van der Waals surface area contributed by atoms with Crippen molar-refractivity contribution in [2.45, 2.75) is 38.9 Å². The molecule has 1 heterocycles. The topological polar surface area (TPSA) is 105 Å². The van der Waals surface area contributed by atoms with Crippen LogP contribution < -0.4 is 11.5 Å². The molecule has 0 saturated heterocycles. The van der Waals surface area contributed by atoms with Gasteiger partial charge in [-0.3, -0.25) is 0 Å². The fraction of sp³-hybridized carbons (Fsp3) is 0.353. The van der Waals surface area contributed by atoms with Crippen LogP contribution in [0.25, 0.3) is 11.3 Å². The number of benzene rings is 1. The molecule has 2 aromatic rings. The molecule has 5 nitrogen and oxygen atoms in total. The number of aromatic nitrogens is 1. The summed E-state index contributed by atoms with van der Waals surface area (Å²) in [6, 6.07) is 5.64. The number of nitrogens with zero attached hydrogens (tertiary/aromatic N) is 1. The summed E-state index contributed by atoms with van der Waals surface area (Å²) < 4.78 is 14.0. The summed E-state index contributed by atoms with van der Waals surface area (Å²) in [5.41, 5.74) is 11.2. The first-order valence-corrected chi connectivity index (χ1v) is 7.23. The Labute approximate surface area is 134 Å². The van der Waals surface area contributed by atoms with Gasteiger partial charge in [-0.15, -0.1) is 0 Å². The summed E-state index contributed by atoms with van der Waals surface area (Å²) in [5.74, 6) is -0.533. The van der Waals surface area contributed by atoms with Crippen LogP contribution in [0.4, 0.5) is 15.8 Å². The van der Waals surface area contributed by atoms with Crippen molar-refractivity contribution < 1.29 is 14.6 Å². The normalized spacial score (nSPS) is 12.5. The molecule has 6 N–H and O–H groups in total. The molecule has 0 aliphatic heterocycles. The molecule has 0 saturated carbocycles. The molecule has 6 heteroatoms. The van der Waals surface area contributed by atoms with Crippen molar-refractivity contribution in [1.82, 2.24) is 4.98 Å². The second-order valence-electron chi connectivity index (χ2n) is 6.67. The Balaban J connectivity index is 2.71. The highest BCUT2D eigenvalue weighted by molar-refractivity contribution is 5.78. The van der Waals surface area contributed by atoms with Crippen molar-refractivity contribution in [2.24, 2.45) is 0 Å². The lowest BCUT2D eigenvalue weighted by atomic mass is 9.92. The van der Waals surface area contributed by atoms with Crippen molar-refractivity contribution in [3.05, 3.63) is 41.3 Å². The number of nitrogens with two attached hydrogens (primary N) is 2. The number of anilines is 2. The van der Waals surface area contributed by atoms with E-state index in [4.69, 9.17) is 11.5 Å². The molecule has 0 fully saturated rings. The fourth-order valence-corrected chi connectivity index (χ4v) is 2.45. The van der Waals surface area contributed by atoms with E-state index in [2.05, 4.69) is 4.98 Å². The van der Waals surface area contributed by atoms with E-state index in [0.717, 1.165) is 0 Å². The molecule has 0 aliphatic carbocycles. The molecule has 0 unspecified atom stereocenters. The van der Waals surface area contributed by atoms with E-state index in [-0.39, 0.29) is 16.9 Å². The van der Waals surface area contributed by atoms with Gasteiger partial charge >= 0.3 is 0 Å². The number of hydrogen-bond acceptors (Lipinski definition) is 5. The summed E-state index contributed by atoms with van der Waals surface area (Å²) in [6.45, 7) is 6.18. The largest absolute Gasteiger partial charge is 0.398 e. The van der Waals surface area contributed by atoms with Gasteiger partial charge in [0.1, 0.15) is 11.4 Å². The van der Waals surface area contributed by atoms with E-state index in [9.17, 15) is 14.6 Å². The van der Waals surface area contributed by atoms with Crippen LogP contribution in [0.5, 0.6) is 0 Å². The monoisotopic (exact) mass is 319 g/mol. The van der Waals surface area contributed by atoms with Gasteiger partial charge in [-0.2, -0.15) is 0 Å². The SMILES string of the molecule is CC(C)(O)c1cc(F)cc(-c2ccc(N)c(C(C)(C)O)n2)c1N. The molecule has 1 aromatic carbocycles. The van der Waals surface area contributed by atoms with Crippen LogP contribution in [0.1, 0.15) is 39.0 Å². The van der Waals surface area contributed by atoms with E-state index >= 15 is 0 Å². The highest BCUT2D eigenvalue weighted by atomic mass is 19.1.